The second-order valence-electron chi connectivity index (χ2n) is 4.66. The van der Waals surface area contributed by atoms with E-state index in [1.807, 2.05) is 0 Å². The third-order valence-corrected chi connectivity index (χ3v) is 3.16. The zero-order valence-electron chi connectivity index (χ0n) is 12.4. The zero-order valence-corrected chi connectivity index (χ0v) is 12.4. The van der Waals surface area contributed by atoms with Crippen LogP contribution in [-0.4, -0.2) is 10.5 Å². The lowest BCUT2D eigenvalue weighted by Gasteiger charge is -1.97. The highest BCUT2D eigenvalue weighted by atomic mass is 16.4. The fourth-order valence-electron chi connectivity index (χ4n) is 1.74. The Balaban J connectivity index is 0.000000204. The van der Waals surface area contributed by atoms with E-state index in [9.17, 15) is 9.90 Å². The van der Waals surface area contributed by atoms with Gasteiger partial charge in [0.1, 0.15) is 12.4 Å². The number of hydrogen-bond acceptors (Lipinski definition) is 2. The van der Waals surface area contributed by atoms with Crippen LogP contribution >= 0.6 is 0 Å². The maximum Gasteiger partial charge on any atom is 0.253 e. The number of carbonyl (C=O) groups excluding carboxylic acids is 1. The number of aromatic nitrogens is 2. The van der Waals surface area contributed by atoms with Crippen molar-refractivity contribution in [3.8, 4) is 0 Å². The van der Waals surface area contributed by atoms with Crippen molar-refractivity contribution >= 4 is 5.97 Å². The van der Waals surface area contributed by atoms with Crippen LogP contribution in [0.1, 0.15) is 35.9 Å². The Labute approximate surface area is 120 Å². The molecule has 0 fully saturated rings. The summed E-state index contributed by atoms with van der Waals surface area (Å²) in [5, 5.41) is 10.1. The Kier molecular flexibility index (Phi) is 6.50. The van der Waals surface area contributed by atoms with E-state index in [0.29, 0.717) is 0 Å². The van der Waals surface area contributed by atoms with Crippen molar-refractivity contribution in [1.82, 2.24) is 4.57 Å². The molecule has 0 unspecified atom stereocenters. The lowest BCUT2D eigenvalue weighted by molar-refractivity contribution is -0.677. The molecule has 0 atom stereocenters. The quantitative estimate of drug-likeness (QED) is 0.793. The van der Waals surface area contributed by atoms with E-state index in [-0.39, 0.29) is 5.56 Å². The van der Waals surface area contributed by atoms with E-state index in [1.165, 1.54) is 30.8 Å². The summed E-state index contributed by atoms with van der Waals surface area (Å²) in [5.74, 6) is 0.203. The van der Waals surface area contributed by atoms with Gasteiger partial charge in [0, 0.05) is 6.92 Å². The highest BCUT2D eigenvalue weighted by Crippen LogP contribution is 1.97. The molecule has 1 aromatic carbocycles. The molecule has 0 saturated carbocycles. The number of nitrogens with zero attached hydrogens (tertiary/aromatic N) is 2. The Hall–Kier alpha value is -2.10. The monoisotopic (exact) mass is 274 g/mol. The fourth-order valence-corrected chi connectivity index (χ4v) is 1.74. The van der Waals surface area contributed by atoms with Gasteiger partial charge in [-0.15, -0.1) is 0 Å². The minimum Gasteiger partial charge on any atom is -0.545 e. The number of aromatic carboxylic acids is 1. The SMILES string of the molecule is CCCCn1cc[n+](C)c1C.O=C([O-])c1ccccc1. The maximum atomic E-state index is 10.1. The van der Waals surface area contributed by atoms with Crippen LogP contribution in [0.5, 0.6) is 0 Å². The van der Waals surface area contributed by atoms with Crippen LogP contribution in [0.4, 0.5) is 0 Å². The molecule has 0 radical (unpaired) electrons. The van der Waals surface area contributed by atoms with Gasteiger partial charge in [0.15, 0.2) is 0 Å². The Morgan fingerprint density at radius 2 is 1.95 bits per heavy atom. The third kappa shape index (κ3) is 4.88. The average molecular weight is 274 g/mol. The van der Waals surface area contributed by atoms with Crippen molar-refractivity contribution in [2.45, 2.75) is 33.2 Å². The lowest BCUT2D eigenvalue weighted by atomic mass is 10.2. The molecule has 1 aromatic heterocycles. The molecule has 0 aliphatic heterocycles. The topological polar surface area (TPSA) is 48.9 Å². The molecule has 0 saturated heterocycles. The molecule has 4 heteroatoms. The number of benzene rings is 1. The normalized spacial score (nSPS) is 9.75. The molecule has 4 nitrogen and oxygen atoms in total. The van der Waals surface area contributed by atoms with Gasteiger partial charge in [0.2, 0.25) is 0 Å². The van der Waals surface area contributed by atoms with Gasteiger partial charge >= 0.3 is 0 Å². The molecule has 1 heterocycles. The van der Waals surface area contributed by atoms with Crippen molar-refractivity contribution in [2.75, 3.05) is 0 Å². The van der Waals surface area contributed by atoms with Gasteiger partial charge in [-0.05, 0) is 12.0 Å². The van der Waals surface area contributed by atoms with Crippen LogP contribution in [0.3, 0.4) is 0 Å². The number of unbranched alkanes of at least 4 members (excludes halogenated alkanes) is 1. The largest absolute Gasteiger partial charge is 0.545 e. The van der Waals surface area contributed by atoms with Crippen molar-refractivity contribution in [1.29, 1.82) is 0 Å². The highest BCUT2D eigenvalue weighted by molar-refractivity contribution is 5.85. The summed E-state index contributed by atoms with van der Waals surface area (Å²) in [6, 6.07) is 8.06. The van der Waals surface area contributed by atoms with E-state index in [4.69, 9.17) is 0 Å². The molecule has 108 valence electrons. The number of rotatable bonds is 4. The van der Waals surface area contributed by atoms with E-state index in [0.717, 1.165) is 6.54 Å². The molecule has 2 aromatic rings. The van der Waals surface area contributed by atoms with Gasteiger partial charge in [-0.3, -0.25) is 0 Å². The minimum absolute atomic E-state index is 0.220. The van der Waals surface area contributed by atoms with Crippen LogP contribution in [0.2, 0.25) is 0 Å². The first-order valence-electron chi connectivity index (χ1n) is 6.84. The molecular formula is C16H22N2O2. The minimum atomic E-state index is -1.13. The van der Waals surface area contributed by atoms with Crippen molar-refractivity contribution in [3.05, 3.63) is 54.1 Å². The summed E-state index contributed by atoms with van der Waals surface area (Å²) in [7, 11) is 2.08. The van der Waals surface area contributed by atoms with Gasteiger partial charge in [-0.25, -0.2) is 9.13 Å². The molecule has 0 aliphatic carbocycles. The standard InChI is InChI=1S/C9H17N2.C7H6O2/c1-4-5-6-11-8-7-10(3)9(11)2;8-7(9)6-4-2-1-3-5-6/h7-8H,4-6H2,1-3H3;1-5H,(H,8,9)/q+1;/p-1. The summed E-state index contributed by atoms with van der Waals surface area (Å²) in [4.78, 5) is 10.1. The smallest absolute Gasteiger partial charge is 0.253 e. The van der Waals surface area contributed by atoms with Gasteiger partial charge in [-0.1, -0.05) is 43.7 Å². The van der Waals surface area contributed by atoms with Gasteiger partial charge in [0.25, 0.3) is 5.82 Å². The van der Waals surface area contributed by atoms with Crippen molar-refractivity contribution in [2.24, 2.45) is 7.05 Å². The Bertz CT molecular complexity index is 533. The van der Waals surface area contributed by atoms with Gasteiger partial charge < -0.3 is 9.90 Å². The summed E-state index contributed by atoms with van der Waals surface area (Å²) in [6.45, 7) is 5.53. The number of aryl methyl sites for hydroxylation is 2. The second-order valence-corrected chi connectivity index (χ2v) is 4.66. The molecule has 0 amide bonds. The molecule has 20 heavy (non-hydrogen) atoms. The number of imidazole rings is 1. The van der Waals surface area contributed by atoms with Crippen LogP contribution in [0.15, 0.2) is 42.7 Å². The van der Waals surface area contributed by atoms with Crippen molar-refractivity contribution < 1.29 is 14.5 Å². The van der Waals surface area contributed by atoms with Crippen LogP contribution in [0.25, 0.3) is 0 Å². The summed E-state index contributed by atoms with van der Waals surface area (Å²) in [6.07, 6.45) is 6.78. The molecule has 0 spiro atoms. The van der Waals surface area contributed by atoms with Crippen LogP contribution in [0, 0.1) is 6.92 Å². The number of carbonyl (C=O) groups is 1. The number of carboxylic acid groups (broad SMARTS) is 1. The second kappa shape index (κ2) is 8.15. The maximum absolute atomic E-state index is 10.1. The predicted molar refractivity (Wildman–Crippen MR) is 76.0 cm³/mol. The first kappa shape index (κ1) is 16.0. The average Bonchev–Trinajstić information content (AvgIpc) is 2.78. The van der Waals surface area contributed by atoms with E-state index >= 15 is 0 Å². The number of carboxylic acids is 1. The van der Waals surface area contributed by atoms with Gasteiger partial charge in [-0.2, -0.15) is 0 Å². The molecule has 0 N–H and O–H groups in total. The predicted octanol–water partition coefficient (Wildman–Crippen LogP) is 1.47. The van der Waals surface area contributed by atoms with E-state index in [2.05, 4.69) is 42.4 Å². The van der Waals surface area contributed by atoms with E-state index in [1.54, 1.807) is 18.2 Å². The highest BCUT2D eigenvalue weighted by Gasteiger charge is 2.06. The molecule has 2 rings (SSSR count). The first-order chi connectivity index (χ1) is 9.56. The molecule has 0 aliphatic rings. The number of hydrogen-bond donors (Lipinski definition) is 0. The fraction of sp³-hybridized carbons (Fsp3) is 0.375. The lowest BCUT2D eigenvalue weighted by Crippen LogP contribution is -2.29. The first-order valence-corrected chi connectivity index (χ1v) is 6.84. The summed E-state index contributed by atoms with van der Waals surface area (Å²) < 4.78 is 4.44. The summed E-state index contributed by atoms with van der Waals surface area (Å²) in [5.41, 5.74) is 0.220. The van der Waals surface area contributed by atoms with E-state index < -0.39 is 5.97 Å². The summed E-state index contributed by atoms with van der Waals surface area (Å²) >= 11 is 0. The van der Waals surface area contributed by atoms with Crippen LogP contribution < -0.4 is 9.67 Å². The third-order valence-electron chi connectivity index (χ3n) is 3.16. The Morgan fingerprint density at radius 1 is 1.30 bits per heavy atom. The van der Waals surface area contributed by atoms with Crippen LogP contribution in [-0.2, 0) is 13.6 Å². The van der Waals surface area contributed by atoms with Crippen molar-refractivity contribution in [3.63, 3.8) is 0 Å². The molecule has 0 bridgehead atoms. The van der Waals surface area contributed by atoms with Gasteiger partial charge in [0.05, 0.1) is 19.6 Å². The Morgan fingerprint density at radius 3 is 2.35 bits per heavy atom. The zero-order chi connectivity index (χ0) is 15.0. The molecular weight excluding hydrogens is 252 g/mol.